The Balaban J connectivity index is 2.42. The maximum atomic E-state index is 13.1. The minimum Gasteiger partial charge on any atom is -0.494 e. The molecule has 0 aliphatic rings. The number of pyridine rings is 1. The van der Waals surface area contributed by atoms with Gasteiger partial charge in [0.05, 0.1) is 12.2 Å². The van der Waals surface area contributed by atoms with E-state index in [2.05, 4.69) is 6.92 Å². The van der Waals surface area contributed by atoms with Crippen molar-refractivity contribution >= 4 is 5.78 Å². The number of hydrogen-bond donors (Lipinski definition) is 1. The van der Waals surface area contributed by atoms with Crippen LogP contribution >= 0.6 is 0 Å². The Hall–Kier alpha value is -3.11. The molecular formula is C22H26N2O5. The summed E-state index contributed by atoms with van der Waals surface area (Å²) in [6.45, 7) is 4.68. The molecule has 0 saturated carbocycles. The Labute approximate surface area is 170 Å². The third-order valence-electron chi connectivity index (χ3n) is 4.64. The van der Waals surface area contributed by atoms with E-state index in [4.69, 9.17) is 9.47 Å². The summed E-state index contributed by atoms with van der Waals surface area (Å²) in [5.74, 6) is -0.244. The summed E-state index contributed by atoms with van der Waals surface area (Å²) in [6, 6.07) is 8.45. The molecule has 0 aliphatic heterocycles. The fraction of sp³-hybridized carbons (Fsp3) is 0.409. The van der Waals surface area contributed by atoms with Gasteiger partial charge in [-0.2, -0.15) is 5.26 Å². The second kappa shape index (κ2) is 10.4. The molecule has 0 bridgehead atoms. The van der Waals surface area contributed by atoms with Crippen molar-refractivity contribution in [2.45, 2.75) is 39.7 Å². The van der Waals surface area contributed by atoms with E-state index in [0.29, 0.717) is 30.9 Å². The van der Waals surface area contributed by atoms with Crippen molar-refractivity contribution < 1.29 is 19.4 Å². The van der Waals surface area contributed by atoms with Gasteiger partial charge in [-0.3, -0.25) is 14.2 Å². The number of nitriles is 1. The highest BCUT2D eigenvalue weighted by Gasteiger charge is 2.24. The van der Waals surface area contributed by atoms with Crippen molar-refractivity contribution in [2.24, 2.45) is 0 Å². The molecule has 0 amide bonds. The van der Waals surface area contributed by atoms with Gasteiger partial charge in [-0.05, 0) is 49.6 Å². The first-order valence-electron chi connectivity index (χ1n) is 9.59. The van der Waals surface area contributed by atoms with Gasteiger partial charge in [-0.25, -0.2) is 0 Å². The zero-order valence-corrected chi connectivity index (χ0v) is 17.0. The van der Waals surface area contributed by atoms with Crippen LogP contribution in [-0.4, -0.2) is 35.8 Å². The van der Waals surface area contributed by atoms with Crippen molar-refractivity contribution in [1.82, 2.24) is 4.57 Å². The van der Waals surface area contributed by atoms with Crippen LogP contribution in [0.25, 0.3) is 0 Å². The minimum atomic E-state index is -0.616. The van der Waals surface area contributed by atoms with Crippen molar-refractivity contribution in [2.75, 3.05) is 20.3 Å². The molecule has 1 aromatic heterocycles. The van der Waals surface area contributed by atoms with Gasteiger partial charge < -0.3 is 14.6 Å². The van der Waals surface area contributed by atoms with Crippen LogP contribution in [0, 0.1) is 18.3 Å². The number of aromatic nitrogens is 1. The summed E-state index contributed by atoms with van der Waals surface area (Å²) < 4.78 is 11.6. The Morgan fingerprint density at radius 1 is 1.21 bits per heavy atom. The maximum Gasteiger partial charge on any atom is 0.271 e. The molecule has 1 aromatic carbocycles. The molecule has 0 unspecified atom stereocenters. The van der Waals surface area contributed by atoms with E-state index in [1.807, 2.05) is 6.07 Å². The average molecular weight is 398 g/mol. The van der Waals surface area contributed by atoms with E-state index in [9.17, 15) is 20.0 Å². The number of carbonyl (C=O) groups is 1. The molecule has 2 rings (SSSR count). The zero-order chi connectivity index (χ0) is 21.4. The highest BCUT2D eigenvalue weighted by molar-refractivity contribution is 6.11. The van der Waals surface area contributed by atoms with E-state index >= 15 is 0 Å². The van der Waals surface area contributed by atoms with E-state index in [1.54, 1.807) is 24.3 Å². The van der Waals surface area contributed by atoms with Crippen LogP contribution in [0.2, 0.25) is 0 Å². The van der Waals surface area contributed by atoms with Gasteiger partial charge in [-0.15, -0.1) is 0 Å². The molecule has 1 N–H and O–H groups in total. The van der Waals surface area contributed by atoms with Gasteiger partial charge in [0.15, 0.2) is 5.78 Å². The first-order chi connectivity index (χ1) is 14.0. The predicted octanol–water partition coefficient (Wildman–Crippen LogP) is 3.18. The number of aromatic hydroxyl groups is 1. The monoisotopic (exact) mass is 398 g/mol. The highest BCUT2D eigenvalue weighted by atomic mass is 16.5. The molecule has 154 valence electrons. The largest absolute Gasteiger partial charge is 0.494 e. The normalized spacial score (nSPS) is 10.6. The van der Waals surface area contributed by atoms with Crippen LogP contribution in [0.4, 0.5) is 0 Å². The lowest BCUT2D eigenvalue weighted by atomic mass is 9.97. The van der Waals surface area contributed by atoms with Crippen molar-refractivity contribution in [1.29, 1.82) is 5.26 Å². The molecule has 2 aromatic rings. The second-order valence-corrected chi connectivity index (χ2v) is 6.67. The number of nitrogens with zero attached hydrogens (tertiary/aromatic N) is 2. The Bertz CT molecular complexity index is 955. The molecule has 0 atom stereocenters. The number of rotatable bonds is 10. The number of ketones is 1. The quantitative estimate of drug-likeness (QED) is 0.487. The van der Waals surface area contributed by atoms with Gasteiger partial charge >= 0.3 is 0 Å². The minimum absolute atomic E-state index is 0.0433. The van der Waals surface area contributed by atoms with E-state index in [0.717, 1.165) is 17.4 Å². The Morgan fingerprint density at radius 3 is 2.48 bits per heavy atom. The van der Waals surface area contributed by atoms with Crippen LogP contribution in [0.1, 0.15) is 53.2 Å². The topological polar surface area (TPSA) is 102 Å². The summed E-state index contributed by atoms with van der Waals surface area (Å²) in [5, 5.41) is 20.1. The first-order valence-corrected chi connectivity index (χ1v) is 9.59. The molecule has 7 heteroatoms. The van der Waals surface area contributed by atoms with Crippen molar-refractivity contribution in [3.63, 3.8) is 0 Å². The summed E-state index contributed by atoms with van der Waals surface area (Å²) in [4.78, 5) is 25.6. The van der Waals surface area contributed by atoms with Crippen molar-refractivity contribution in [3.8, 4) is 17.7 Å². The first kappa shape index (κ1) is 22.2. The lowest BCUT2D eigenvalue weighted by Crippen LogP contribution is -2.27. The molecule has 0 radical (unpaired) electrons. The third-order valence-corrected chi connectivity index (χ3v) is 4.64. The predicted molar refractivity (Wildman–Crippen MR) is 109 cm³/mol. The number of carbonyl (C=O) groups excluding carboxylic acids is 1. The molecule has 1 heterocycles. The summed E-state index contributed by atoms with van der Waals surface area (Å²) >= 11 is 0. The van der Waals surface area contributed by atoms with Gasteiger partial charge in [-0.1, -0.05) is 13.3 Å². The summed E-state index contributed by atoms with van der Waals surface area (Å²) in [6.07, 6.45) is 2.42. The number of unbranched alkanes of at least 4 members (excludes halogenated alkanes) is 1. The van der Waals surface area contributed by atoms with Gasteiger partial charge in [0, 0.05) is 25.8 Å². The lowest BCUT2D eigenvalue weighted by Gasteiger charge is -2.15. The van der Waals surface area contributed by atoms with Crippen LogP contribution in [0.15, 0.2) is 29.1 Å². The number of benzene rings is 1. The molecule has 0 aliphatic carbocycles. The molecule has 29 heavy (non-hydrogen) atoms. The second-order valence-electron chi connectivity index (χ2n) is 6.67. The SMILES string of the molecule is CCCCOc1ccc(C(=O)c2c(C)c(C#N)c(=O)n(CCCOC)c2O)cc1. The Morgan fingerprint density at radius 2 is 1.90 bits per heavy atom. The molecule has 0 fully saturated rings. The molecular weight excluding hydrogens is 372 g/mol. The van der Waals surface area contributed by atoms with Crippen molar-refractivity contribution in [3.05, 3.63) is 56.9 Å². The average Bonchev–Trinajstić information content (AvgIpc) is 2.71. The standard InChI is InChI=1S/C22H26N2O5/c1-4-5-13-29-17-9-7-16(8-10-17)20(25)19-15(2)18(14-23)21(26)24(22(19)27)11-6-12-28-3/h7-10,27H,4-6,11-13H2,1-3H3. The van der Waals surface area contributed by atoms with Crippen LogP contribution < -0.4 is 10.3 Å². The lowest BCUT2D eigenvalue weighted by molar-refractivity contribution is 0.103. The fourth-order valence-corrected chi connectivity index (χ4v) is 2.98. The maximum absolute atomic E-state index is 13.1. The smallest absolute Gasteiger partial charge is 0.271 e. The molecule has 0 saturated heterocycles. The van der Waals surface area contributed by atoms with Gasteiger partial charge in [0.25, 0.3) is 5.56 Å². The van der Waals surface area contributed by atoms with Gasteiger partial charge in [0.1, 0.15) is 17.4 Å². The van der Waals surface area contributed by atoms with Gasteiger partial charge in [0.2, 0.25) is 5.88 Å². The number of hydrogen-bond acceptors (Lipinski definition) is 6. The van der Waals surface area contributed by atoms with E-state index < -0.39 is 17.2 Å². The van der Waals surface area contributed by atoms with Crippen LogP contribution in [0.3, 0.4) is 0 Å². The van der Waals surface area contributed by atoms with Crippen LogP contribution in [-0.2, 0) is 11.3 Å². The number of ether oxygens (including phenoxy) is 2. The Kier molecular flexibility index (Phi) is 7.98. The van der Waals surface area contributed by atoms with E-state index in [-0.39, 0.29) is 23.2 Å². The molecule has 0 spiro atoms. The van der Waals surface area contributed by atoms with Crippen LogP contribution in [0.5, 0.6) is 11.6 Å². The number of methoxy groups -OCH3 is 1. The summed E-state index contributed by atoms with van der Waals surface area (Å²) in [7, 11) is 1.53. The fourth-order valence-electron chi connectivity index (χ4n) is 2.98. The van der Waals surface area contributed by atoms with E-state index in [1.165, 1.54) is 14.0 Å². The zero-order valence-electron chi connectivity index (χ0n) is 17.0. The summed E-state index contributed by atoms with van der Waals surface area (Å²) in [5.41, 5.74) is -0.306. The highest BCUT2D eigenvalue weighted by Crippen LogP contribution is 2.26. The third kappa shape index (κ3) is 5.04. The molecule has 7 nitrogen and oxygen atoms in total.